The van der Waals surface area contributed by atoms with Gasteiger partial charge in [0.25, 0.3) is 5.56 Å². The molecule has 2 aromatic carbocycles. The fraction of sp³-hybridized carbons (Fsp3) is 0.323. The number of halogens is 2. The largest absolute Gasteiger partial charge is 0.495 e. The van der Waals surface area contributed by atoms with Crippen LogP contribution >= 0.6 is 23.2 Å². The Hall–Kier alpha value is -3.81. The molecule has 0 aliphatic carbocycles. The number of aromatic nitrogens is 3. The Labute approximate surface area is 255 Å². The zero-order valence-electron chi connectivity index (χ0n) is 23.9. The van der Waals surface area contributed by atoms with Crippen LogP contribution < -0.4 is 20.5 Å². The number of nitrogens with zero attached hydrogens (tertiary/aromatic N) is 5. The highest BCUT2D eigenvalue weighted by atomic mass is 35.5. The van der Waals surface area contributed by atoms with Crippen LogP contribution in [0.15, 0.2) is 53.6 Å². The molecule has 0 radical (unpaired) electrons. The van der Waals surface area contributed by atoms with Gasteiger partial charge in [0.1, 0.15) is 12.4 Å². The molecule has 0 spiro atoms. The van der Waals surface area contributed by atoms with E-state index < -0.39 is 0 Å². The van der Waals surface area contributed by atoms with Crippen LogP contribution in [0.2, 0.25) is 10.0 Å². The number of hydrogen-bond donors (Lipinski definition) is 1. The van der Waals surface area contributed by atoms with Gasteiger partial charge in [0.15, 0.2) is 0 Å². The van der Waals surface area contributed by atoms with Crippen molar-refractivity contribution in [3.63, 3.8) is 0 Å². The highest BCUT2D eigenvalue weighted by molar-refractivity contribution is 6.37. The van der Waals surface area contributed by atoms with E-state index in [1.807, 2.05) is 18.2 Å². The number of methoxy groups -OCH3 is 2. The zero-order chi connectivity index (χ0) is 29.8. The topological polar surface area (TPSA) is 84.8 Å². The summed E-state index contributed by atoms with van der Waals surface area (Å²) in [6.07, 6.45) is 5.27. The van der Waals surface area contributed by atoms with E-state index in [1.165, 1.54) is 10.8 Å². The molecule has 4 aromatic rings. The molecule has 1 aliphatic rings. The van der Waals surface area contributed by atoms with Crippen molar-refractivity contribution in [3.8, 4) is 23.3 Å². The first-order valence-electron chi connectivity index (χ1n) is 13.5. The SMILES string of the molecule is COCC#Cc1cn(-c2c(Cl)cccc2Cl)c(=O)c2cnc(Nc3ccc(N4CCC(N(C)C)CC4)c(OC)c3)nc12. The van der Waals surface area contributed by atoms with Crippen LogP contribution in [0.1, 0.15) is 18.4 Å². The lowest BCUT2D eigenvalue weighted by Gasteiger charge is -2.37. The van der Waals surface area contributed by atoms with Crippen LogP contribution in [-0.4, -0.2) is 73.5 Å². The van der Waals surface area contributed by atoms with Crippen molar-refractivity contribution in [2.24, 2.45) is 0 Å². The molecular weight excluding hydrogens is 575 g/mol. The number of fused-ring (bicyclic) bond motifs is 1. The first-order valence-corrected chi connectivity index (χ1v) is 14.3. The van der Waals surface area contributed by atoms with E-state index >= 15 is 0 Å². The number of ether oxygens (including phenoxy) is 2. The third-order valence-corrected chi connectivity index (χ3v) is 7.95. The minimum absolute atomic E-state index is 0.211. The number of anilines is 3. The molecule has 0 amide bonds. The second-order valence-electron chi connectivity index (χ2n) is 10.2. The lowest BCUT2D eigenvalue weighted by Crippen LogP contribution is -2.42. The predicted molar refractivity (Wildman–Crippen MR) is 169 cm³/mol. The van der Waals surface area contributed by atoms with Gasteiger partial charge in [-0.3, -0.25) is 9.36 Å². The van der Waals surface area contributed by atoms with Crippen molar-refractivity contribution in [3.05, 3.63) is 74.8 Å². The molecule has 0 unspecified atom stereocenters. The highest BCUT2D eigenvalue weighted by Crippen LogP contribution is 2.34. The zero-order valence-corrected chi connectivity index (χ0v) is 25.5. The van der Waals surface area contributed by atoms with E-state index in [2.05, 4.69) is 51.0 Å². The van der Waals surface area contributed by atoms with Crippen molar-refractivity contribution in [1.29, 1.82) is 0 Å². The molecule has 11 heteroatoms. The van der Waals surface area contributed by atoms with E-state index in [1.54, 1.807) is 38.6 Å². The number of benzene rings is 2. The van der Waals surface area contributed by atoms with Crippen molar-refractivity contribution in [1.82, 2.24) is 19.4 Å². The minimum Gasteiger partial charge on any atom is -0.495 e. The Kier molecular flexibility index (Phi) is 9.19. The van der Waals surface area contributed by atoms with Crippen LogP contribution in [0.3, 0.4) is 0 Å². The first kappa shape index (κ1) is 29.7. The number of hydrogen-bond acceptors (Lipinski definition) is 8. The summed E-state index contributed by atoms with van der Waals surface area (Å²) in [6.45, 7) is 2.13. The van der Waals surface area contributed by atoms with Crippen LogP contribution in [0, 0.1) is 11.8 Å². The predicted octanol–water partition coefficient (Wildman–Crippen LogP) is 5.37. The average molecular weight is 608 g/mol. The summed E-state index contributed by atoms with van der Waals surface area (Å²) < 4.78 is 12.2. The third-order valence-electron chi connectivity index (χ3n) is 7.34. The Morgan fingerprint density at radius 1 is 1.12 bits per heavy atom. The van der Waals surface area contributed by atoms with E-state index in [0.29, 0.717) is 38.8 Å². The molecule has 218 valence electrons. The molecule has 5 rings (SSSR count). The van der Waals surface area contributed by atoms with Crippen LogP contribution in [0.5, 0.6) is 5.75 Å². The number of para-hydroxylation sites is 1. The van der Waals surface area contributed by atoms with E-state index in [-0.39, 0.29) is 17.6 Å². The van der Waals surface area contributed by atoms with Crippen LogP contribution in [-0.2, 0) is 4.74 Å². The fourth-order valence-electron chi connectivity index (χ4n) is 5.13. The van der Waals surface area contributed by atoms with Gasteiger partial charge in [0.2, 0.25) is 5.95 Å². The maximum absolute atomic E-state index is 13.6. The van der Waals surface area contributed by atoms with Gasteiger partial charge in [-0.15, -0.1) is 0 Å². The van der Waals surface area contributed by atoms with Crippen LogP contribution in [0.4, 0.5) is 17.3 Å². The van der Waals surface area contributed by atoms with Crippen molar-refractivity contribution < 1.29 is 9.47 Å². The maximum Gasteiger partial charge on any atom is 0.266 e. The molecule has 9 nitrogen and oxygen atoms in total. The van der Waals surface area contributed by atoms with Gasteiger partial charge in [0, 0.05) is 50.4 Å². The first-order chi connectivity index (χ1) is 20.3. The number of pyridine rings is 1. The monoisotopic (exact) mass is 606 g/mol. The normalized spacial score (nSPS) is 13.7. The van der Waals surface area contributed by atoms with Crippen LogP contribution in [0.25, 0.3) is 16.6 Å². The molecule has 42 heavy (non-hydrogen) atoms. The van der Waals surface area contributed by atoms with Crippen molar-refractivity contribution in [2.75, 3.05) is 58.2 Å². The summed E-state index contributed by atoms with van der Waals surface area (Å²) >= 11 is 12.9. The summed E-state index contributed by atoms with van der Waals surface area (Å²) in [4.78, 5) is 27.3. The molecule has 1 N–H and O–H groups in total. The Balaban J connectivity index is 1.49. The van der Waals surface area contributed by atoms with Gasteiger partial charge in [-0.2, -0.15) is 0 Å². The molecule has 3 heterocycles. The number of nitrogens with one attached hydrogen (secondary N) is 1. The van der Waals surface area contributed by atoms with Crippen molar-refractivity contribution >= 4 is 51.4 Å². The quantitative estimate of drug-likeness (QED) is 0.281. The van der Waals surface area contributed by atoms with Crippen molar-refractivity contribution in [2.45, 2.75) is 18.9 Å². The molecule has 1 fully saturated rings. The number of piperidine rings is 1. The fourth-order valence-corrected chi connectivity index (χ4v) is 5.71. The third kappa shape index (κ3) is 6.18. The van der Waals surface area contributed by atoms with Gasteiger partial charge < -0.3 is 24.6 Å². The molecule has 1 saturated heterocycles. The van der Waals surface area contributed by atoms with E-state index in [9.17, 15) is 4.79 Å². The molecule has 0 atom stereocenters. The van der Waals surface area contributed by atoms with Gasteiger partial charge in [-0.1, -0.05) is 41.1 Å². The van der Waals surface area contributed by atoms with Gasteiger partial charge in [0.05, 0.1) is 45.0 Å². The minimum atomic E-state index is -0.368. The smallest absolute Gasteiger partial charge is 0.266 e. The molecule has 2 aromatic heterocycles. The van der Waals surface area contributed by atoms with Gasteiger partial charge >= 0.3 is 0 Å². The summed E-state index contributed by atoms with van der Waals surface area (Å²) in [5.74, 6) is 7.07. The maximum atomic E-state index is 13.6. The second-order valence-corrected chi connectivity index (χ2v) is 11.0. The molecule has 1 aliphatic heterocycles. The summed E-state index contributed by atoms with van der Waals surface area (Å²) in [7, 11) is 7.50. The molecule has 0 saturated carbocycles. The second kappa shape index (κ2) is 13.0. The van der Waals surface area contributed by atoms with E-state index in [0.717, 1.165) is 43.1 Å². The van der Waals surface area contributed by atoms with E-state index in [4.69, 9.17) is 32.7 Å². The van der Waals surface area contributed by atoms with Gasteiger partial charge in [-0.05, 0) is 51.2 Å². The average Bonchev–Trinajstić information content (AvgIpc) is 2.99. The highest BCUT2D eigenvalue weighted by Gasteiger charge is 2.23. The summed E-state index contributed by atoms with van der Waals surface area (Å²) in [5.41, 5.74) is 2.69. The Morgan fingerprint density at radius 3 is 2.52 bits per heavy atom. The lowest BCUT2D eigenvalue weighted by molar-refractivity contribution is 0.240. The summed E-state index contributed by atoms with van der Waals surface area (Å²) in [6, 6.07) is 11.6. The standard InChI is InChI=1S/C31H32Cl2N6O3/c1-37(2)22-12-14-38(15-13-22)26-11-10-21(17-27(26)42-4)35-31-34-18-23-28(36-31)20(7-6-16-41-3)19-39(30(23)40)29-24(32)8-5-9-25(29)33/h5,8-11,17-19,22H,12-16H2,1-4H3,(H,34,35,36). The molecule has 0 bridgehead atoms. The number of rotatable bonds is 7. The lowest BCUT2D eigenvalue weighted by atomic mass is 10.0. The summed E-state index contributed by atoms with van der Waals surface area (Å²) in [5, 5.41) is 4.19. The Morgan fingerprint density at radius 2 is 1.86 bits per heavy atom. The Bertz CT molecular complexity index is 1700. The van der Waals surface area contributed by atoms with Gasteiger partial charge in [-0.25, -0.2) is 9.97 Å². The molecular formula is C31H32Cl2N6O3.